The van der Waals surface area contributed by atoms with Gasteiger partial charge in [0.15, 0.2) is 5.72 Å². The molecule has 2 aromatic carbocycles. The zero-order valence-corrected chi connectivity index (χ0v) is 15.2. The summed E-state index contributed by atoms with van der Waals surface area (Å²) in [6.07, 6.45) is -8.16. The number of benzene rings is 2. The van der Waals surface area contributed by atoms with Crippen molar-refractivity contribution in [3.63, 3.8) is 0 Å². The van der Waals surface area contributed by atoms with Crippen LogP contribution in [0.1, 0.15) is 22.3 Å². The first kappa shape index (κ1) is 22.5. The summed E-state index contributed by atoms with van der Waals surface area (Å²) in [6, 6.07) is 11.0. The van der Waals surface area contributed by atoms with E-state index in [0.29, 0.717) is 0 Å². The van der Waals surface area contributed by atoms with Gasteiger partial charge in [-0.3, -0.25) is 4.79 Å². The number of rotatable bonds is 4. The summed E-state index contributed by atoms with van der Waals surface area (Å²) in [6.45, 7) is 0. The van der Waals surface area contributed by atoms with Crippen LogP contribution in [0.5, 0.6) is 5.75 Å². The fourth-order valence-corrected chi connectivity index (χ4v) is 2.99. The maximum atomic E-state index is 14.3. The second-order valence-corrected chi connectivity index (χ2v) is 6.69. The molecule has 0 aliphatic carbocycles. The smallest absolute Gasteiger partial charge is 0.460 e. The van der Waals surface area contributed by atoms with Crippen molar-refractivity contribution in [3.05, 3.63) is 65.7 Å². The van der Waals surface area contributed by atoms with Crippen LogP contribution in [0.15, 0.2) is 59.7 Å². The van der Waals surface area contributed by atoms with E-state index in [1.165, 1.54) is 30.3 Å². The lowest BCUT2D eigenvalue weighted by molar-refractivity contribution is -0.336. The molecule has 12 heteroatoms. The first-order valence-electron chi connectivity index (χ1n) is 8.54. The molecular formula is C19H13F7N2O3. The number of hydrogen-bond donors (Lipinski definition) is 2. The molecule has 2 aromatic rings. The number of para-hydroxylation sites is 1. The number of amides is 1. The summed E-state index contributed by atoms with van der Waals surface area (Å²) >= 11 is 0. The first-order valence-corrected chi connectivity index (χ1v) is 8.54. The topological polar surface area (TPSA) is 73.1 Å². The summed E-state index contributed by atoms with van der Waals surface area (Å²) in [7, 11) is 0. The molecule has 3 rings (SSSR count). The molecule has 0 saturated carbocycles. The highest BCUT2D eigenvalue weighted by Crippen LogP contribution is 2.51. The van der Waals surface area contributed by atoms with Gasteiger partial charge in [-0.05, 0) is 12.1 Å². The number of aromatic hydroxyl groups is 1. The first-order chi connectivity index (χ1) is 14.2. The second-order valence-electron chi connectivity index (χ2n) is 6.69. The highest BCUT2D eigenvalue weighted by Gasteiger charge is 2.76. The Morgan fingerprint density at radius 3 is 2.03 bits per heavy atom. The fraction of sp³-hybridized carbons (Fsp3) is 0.263. The molecule has 0 fully saturated rings. The van der Waals surface area contributed by atoms with E-state index < -0.39 is 53.1 Å². The lowest BCUT2D eigenvalue weighted by Gasteiger charge is -2.32. The van der Waals surface area contributed by atoms with Crippen molar-refractivity contribution in [3.8, 4) is 5.75 Å². The number of carbonyl (C=O) groups is 1. The third-order valence-electron chi connectivity index (χ3n) is 4.66. The van der Waals surface area contributed by atoms with E-state index in [2.05, 4.69) is 5.10 Å². The van der Waals surface area contributed by atoms with Gasteiger partial charge in [0.25, 0.3) is 5.91 Å². The molecule has 0 radical (unpaired) electrons. The standard InChI is InChI=1S/C19H13F7N2O3/c20-17(21,18(22,23)19(24,25)26)14-10-16(31,11-6-2-1-3-7-11)28(27-14)15(30)12-8-4-5-9-13(12)29/h1-9,29,31H,10H2/t16-/m1/s1. The van der Waals surface area contributed by atoms with Gasteiger partial charge in [-0.2, -0.15) is 40.8 Å². The number of phenolic OH excluding ortho intramolecular Hbond substituents is 1. The Labute approximate surface area is 170 Å². The predicted molar refractivity (Wildman–Crippen MR) is 92.6 cm³/mol. The molecule has 0 spiro atoms. The molecule has 166 valence electrons. The van der Waals surface area contributed by atoms with Crippen LogP contribution in [0.4, 0.5) is 30.7 Å². The predicted octanol–water partition coefficient (Wildman–Crippen LogP) is 4.27. The Bertz CT molecular complexity index is 1020. The average molecular weight is 450 g/mol. The van der Waals surface area contributed by atoms with Crippen molar-refractivity contribution in [1.82, 2.24) is 5.01 Å². The summed E-state index contributed by atoms with van der Waals surface area (Å²) in [5, 5.41) is 23.8. The average Bonchev–Trinajstić information content (AvgIpc) is 3.07. The normalized spacial score (nSPS) is 20.0. The minimum Gasteiger partial charge on any atom is -0.507 e. The van der Waals surface area contributed by atoms with E-state index in [-0.39, 0.29) is 10.6 Å². The molecule has 2 N–H and O–H groups in total. The highest BCUT2D eigenvalue weighted by molar-refractivity contribution is 6.02. The molecule has 1 aliphatic heterocycles. The van der Waals surface area contributed by atoms with Gasteiger partial charge in [0.05, 0.1) is 5.56 Å². The Balaban J connectivity index is 2.15. The summed E-state index contributed by atoms with van der Waals surface area (Å²) in [5.74, 6) is -14.4. The third-order valence-corrected chi connectivity index (χ3v) is 4.66. The van der Waals surface area contributed by atoms with Crippen molar-refractivity contribution in [2.75, 3.05) is 0 Å². The van der Waals surface area contributed by atoms with Gasteiger partial charge < -0.3 is 10.2 Å². The Kier molecular flexibility index (Phi) is 5.25. The van der Waals surface area contributed by atoms with E-state index in [1.54, 1.807) is 0 Å². The Morgan fingerprint density at radius 2 is 1.48 bits per heavy atom. The van der Waals surface area contributed by atoms with Gasteiger partial charge >= 0.3 is 18.0 Å². The van der Waals surface area contributed by atoms with E-state index in [9.17, 15) is 45.7 Å². The maximum absolute atomic E-state index is 14.3. The van der Waals surface area contributed by atoms with Crippen LogP contribution in [-0.2, 0) is 5.72 Å². The van der Waals surface area contributed by atoms with E-state index in [4.69, 9.17) is 0 Å². The van der Waals surface area contributed by atoms with Crippen LogP contribution in [0, 0.1) is 0 Å². The van der Waals surface area contributed by atoms with Crippen LogP contribution in [-0.4, -0.2) is 44.9 Å². The van der Waals surface area contributed by atoms with Gasteiger partial charge in [-0.1, -0.05) is 42.5 Å². The van der Waals surface area contributed by atoms with Crippen molar-refractivity contribution in [1.29, 1.82) is 0 Å². The van der Waals surface area contributed by atoms with Crippen LogP contribution in [0.25, 0.3) is 0 Å². The van der Waals surface area contributed by atoms with Crippen LogP contribution in [0.2, 0.25) is 0 Å². The number of carbonyl (C=O) groups excluding carboxylic acids is 1. The summed E-state index contributed by atoms with van der Waals surface area (Å²) < 4.78 is 93.5. The second kappa shape index (κ2) is 7.22. The number of halogens is 7. The number of hydrogen-bond acceptors (Lipinski definition) is 4. The quantitative estimate of drug-likeness (QED) is 0.684. The number of hydrazone groups is 1. The molecule has 1 aliphatic rings. The monoisotopic (exact) mass is 450 g/mol. The zero-order valence-electron chi connectivity index (χ0n) is 15.2. The Hall–Kier alpha value is -3.15. The lowest BCUT2D eigenvalue weighted by Crippen LogP contribution is -2.56. The van der Waals surface area contributed by atoms with Crippen molar-refractivity contribution < 1.29 is 45.7 Å². The van der Waals surface area contributed by atoms with Gasteiger partial charge in [-0.15, -0.1) is 0 Å². The van der Waals surface area contributed by atoms with Crippen molar-refractivity contribution >= 4 is 11.6 Å². The molecule has 1 atom stereocenters. The number of nitrogens with zero attached hydrogens (tertiary/aromatic N) is 2. The zero-order chi connectivity index (χ0) is 23.2. The van der Waals surface area contributed by atoms with Crippen molar-refractivity contribution in [2.45, 2.75) is 30.2 Å². The number of aliphatic hydroxyl groups is 1. The SMILES string of the molecule is O=C(c1ccccc1O)N1N=C(C(F)(F)C(F)(F)C(F)(F)F)C[C@@]1(O)c1ccccc1. The minimum atomic E-state index is -6.63. The van der Waals surface area contributed by atoms with E-state index in [0.717, 1.165) is 24.3 Å². The number of phenols is 1. The molecular weight excluding hydrogens is 437 g/mol. The molecule has 1 amide bonds. The van der Waals surface area contributed by atoms with Gasteiger partial charge in [-0.25, -0.2) is 0 Å². The van der Waals surface area contributed by atoms with Crippen molar-refractivity contribution in [2.24, 2.45) is 5.10 Å². The van der Waals surface area contributed by atoms with Gasteiger partial charge in [0, 0.05) is 12.0 Å². The Morgan fingerprint density at radius 1 is 0.935 bits per heavy atom. The van der Waals surface area contributed by atoms with E-state index >= 15 is 0 Å². The van der Waals surface area contributed by atoms with Crippen LogP contribution >= 0.6 is 0 Å². The number of alkyl halides is 7. The highest BCUT2D eigenvalue weighted by atomic mass is 19.4. The molecule has 5 nitrogen and oxygen atoms in total. The molecule has 0 unspecified atom stereocenters. The molecule has 0 saturated heterocycles. The van der Waals surface area contributed by atoms with Crippen LogP contribution in [0.3, 0.4) is 0 Å². The molecule has 31 heavy (non-hydrogen) atoms. The third kappa shape index (κ3) is 3.50. The summed E-state index contributed by atoms with van der Waals surface area (Å²) in [4.78, 5) is 12.8. The van der Waals surface area contributed by atoms with Gasteiger partial charge in [0.2, 0.25) is 0 Å². The maximum Gasteiger partial charge on any atom is 0.460 e. The lowest BCUT2D eigenvalue weighted by atomic mass is 9.93. The van der Waals surface area contributed by atoms with Gasteiger partial charge in [0.1, 0.15) is 11.5 Å². The molecule has 0 aromatic heterocycles. The minimum absolute atomic E-state index is 0.0346. The van der Waals surface area contributed by atoms with Crippen LogP contribution < -0.4 is 0 Å². The van der Waals surface area contributed by atoms with E-state index in [1.807, 2.05) is 0 Å². The molecule has 0 bridgehead atoms. The fourth-order valence-electron chi connectivity index (χ4n) is 2.99. The molecule has 1 heterocycles. The summed E-state index contributed by atoms with van der Waals surface area (Å²) in [5.41, 5.74) is -5.69. The largest absolute Gasteiger partial charge is 0.507 e.